The molecule has 1 aromatic carbocycles. The molecule has 28 heavy (non-hydrogen) atoms. The van der Waals surface area contributed by atoms with Gasteiger partial charge in [0.1, 0.15) is 17.9 Å². The molecule has 7 heteroatoms. The fourth-order valence-electron chi connectivity index (χ4n) is 4.00. The lowest BCUT2D eigenvalue weighted by Gasteiger charge is -2.29. The first-order valence-electron chi connectivity index (χ1n) is 9.49. The quantitative estimate of drug-likeness (QED) is 0.550. The Hall–Kier alpha value is -3.35. The lowest BCUT2D eigenvalue weighted by molar-refractivity contribution is -0.133. The van der Waals surface area contributed by atoms with Gasteiger partial charge in [-0.2, -0.15) is 5.10 Å². The van der Waals surface area contributed by atoms with E-state index in [2.05, 4.69) is 17.2 Å². The van der Waals surface area contributed by atoms with Crippen LogP contribution in [-0.4, -0.2) is 31.5 Å². The highest BCUT2D eigenvalue weighted by Crippen LogP contribution is 2.21. The topological polar surface area (TPSA) is 72.8 Å². The molecular weight excluding hydrogens is 356 g/mol. The van der Waals surface area contributed by atoms with E-state index >= 15 is 0 Å². The van der Waals surface area contributed by atoms with Crippen molar-refractivity contribution in [3.05, 3.63) is 70.0 Å². The van der Waals surface area contributed by atoms with Gasteiger partial charge in [0, 0.05) is 31.6 Å². The maximum atomic E-state index is 12.9. The van der Waals surface area contributed by atoms with Gasteiger partial charge >= 0.3 is 0 Å². The van der Waals surface area contributed by atoms with E-state index in [0.717, 1.165) is 17.8 Å². The zero-order valence-electron chi connectivity index (χ0n) is 15.6. The number of aryl methyl sites for hydroxylation is 1. The molecule has 0 radical (unpaired) electrons. The first kappa shape index (κ1) is 16.8. The van der Waals surface area contributed by atoms with Crippen molar-refractivity contribution in [1.82, 2.24) is 19.1 Å². The molecule has 1 aliphatic rings. The molecule has 0 aliphatic carbocycles. The smallest absolute Gasteiger partial charge is 0.291 e. The summed E-state index contributed by atoms with van der Waals surface area (Å²) in [5, 5.41) is 4.48. The summed E-state index contributed by atoms with van der Waals surface area (Å²) in [5.41, 5.74) is 4.12. The summed E-state index contributed by atoms with van der Waals surface area (Å²) >= 11 is 0. The van der Waals surface area contributed by atoms with E-state index in [1.54, 1.807) is 17.2 Å². The number of rotatable bonds is 3. The Morgan fingerprint density at radius 1 is 1.18 bits per heavy atom. The molecule has 0 saturated heterocycles. The molecule has 0 N–H and O–H groups in total. The van der Waals surface area contributed by atoms with Crippen molar-refractivity contribution in [2.75, 3.05) is 6.54 Å². The molecule has 0 spiro atoms. The second-order valence-electron chi connectivity index (χ2n) is 7.10. The maximum Gasteiger partial charge on any atom is 0.291 e. The Bertz CT molecular complexity index is 1260. The molecule has 0 unspecified atom stereocenters. The number of furan rings is 1. The van der Waals surface area contributed by atoms with Gasteiger partial charge in [0.2, 0.25) is 5.91 Å². The van der Waals surface area contributed by atoms with E-state index in [1.807, 2.05) is 29.5 Å². The molecular formula is C21H20N4O3. The van der Waals surface area contributed by atoms with Gasteiger partial charge < -0.3 is 9.32 Å². The molecule has 0 saturated carbocycles. The van der Waals surface area contributed by atoms with Crippen LogP contribution in [0.25, 0.3) is 16.6 Å². The van der Waals surface area contributed by atoms with Gasteiger partial charge in [-0.15, -0.1) is 0 Å². The number of benzene rings is 1. The second kappa shape index (κ2) is 6.37. The normalized spacial score (nSPS) is 14.0. The molecule has 7 nitrogen and oxygen atoms in total. The number of hydrogen-bond donors (Lipinski definition) is 0. The number of fused-ring (bicyclic) bond motifs is 4. The molecule has 1 aliphatic heterocycles. The predicted octanol–water partition coefficient (Wildman–Crippen LogP) is 2.39. The Morgan fingerprint density at radius 2 is 2.00 bits per heavy atom. The zero-order valence-corrected chi connectivity index (χ0v) is 15.6. The summed E-state index contributed by atoms with van der Waals surface area (Å²) < 4.78 is 8.54. The third-order valence-corrected chi connectivity index (χ3v) is 5.46. The summed E-state index contributed by atoms with van der Waals surface area (Å²) in [6.45, 7) is 3.15. The van der Waals surface area contributed by atoms with Gasteiger partial charge in [0.05, 0.1) is 11.8 Å². The van der Waals surface area contributed by atoms with Gasteiger partial charge in [-0.25, -0.2) is 4.68 Å². The molecule has 142 valence electrons. The minimum Gasteiger partial charge on any atom is -0.463 e. The minimum atomic E-state index is -0.283. The minimum absolute atomic E-state index is 0.0585. The van der Waals surface area contributed by atoms with Crippen molar-refractivity contribution < 1.29 is 9.21 Å². The fraction of sp³-hybridized carbons (Fsp3) is 0.286. The van der Waals surface area contributed by atoms with Crippen LogP contribution >= 0.6 is 0 Å². The third kappa shape index (κ3) is 2.54. The molecule has 0 fully saturated rings. The number of aromatic nitrogens is 3. The van der Waals surface area contributed by atoms with Gasteiger partial charge in [0.15, 0.2) is 5.58 Å². The van der Waals surface area contributed by atoms with E-state index in [0.29, 0.717) is 30.6 Å². The molecule has 4 aromatic rings. The second-order valence-corrected chi connectivity index (χ2v) is 7.10. The highest BCUT2D eigenvalue weighted by atomic mass is 16.3. The number of carbonyl (C=O) groups excluding carboxylic acids is 1. The summed E-state index contributed by atoms with van der Waals surface area (Å²) in [4.78, 5) is 27.6. The number of nitrogens with zero attached hydrogens (tertiary/aromatic N) is 4. The highest BCUT2D eigenvalue weighted by molar-refractivity contribution is 5.82. The van der Waals surface area contributed by atoms with Crippen molar-refractivity contribution in [1.29, 1.82) is 0 Å². The molecule has 5 rings (SSSR count). The van der Waals surface area contributed by atoms with Crippen molar-refractivity contribution in [3.63, 3.8) is 0 Å². The maximum absolute atomic E-state index is 12.9. The van der Waals surface area contributed by atoms with Crippen molar-refractivity contribution in [3.8, 4) is 0 Å². The van der Waals surface area contributed by atoms with Gasteiger partial charge in [-0.05, 0) is 17.5 Å². The first-order valence-corrected chi connectivity index (χ1v) is 9.49. The summed E-state index contributed by atoms with van der Waals surface area (Å²) in [7, 11) is 0. The van der Waals surface area contributed by atoms with Crippen LogP contribution in [0.2, 0.25) is 0 Å². The zero-order chi connectivity index (χ0) is 19.3. The first-order chi connectivity index (χ1) is 13.7. The molecule has 0 atom stereocenters. The summed E-state index contributed by atoms with van der Waals surface area (Å²) in [6.07, 6.45) is 3.06. The van der Waals surface area contributed by atoms with Crippen molar-refractivity contribution in [2.45, 2.75) is 32.9 Å². The van der Waals surface area contributed by atoms with Crippen LogP contribution in [0.4, 0.5) is 0 Å². The fourth-order valence-corrected chi connectivity index (χ4v) is 4.00. The highest BCUT2D eigenvalue weighted by Gasteiger charge is 2.22. The Kier molecular flexibility index (Phi) is 3.82. The average molecular weight is 376 g/mol. The van der Waals surface area contributed by atoms with E-state index in [-0.39, 0.29) is 18.0 Å². The van der Waals surface area contributed by atoms with Crippen LogP contribution in [0.5, 0.6) is 0 Å². The molecule has 1 amide bonds. The van der Waals surface area contributed by atoms with Crippen LogP contribution < -0.4 is 5.56 Å². The SMILES string of the molecule is CCc1nn(CC(=O)N2CCc3ccccc3C2)c(=O)c2cc3occc3n12. The summed E-state index contributed by atoms with van der Waals surface area (Å²) in [6, 6.07) is 11.7. The van der Waals surface area contributed by atoms with Crippen molar-refractivity contribution in [2.24, 2.45) is 0 Å². The van der Waals surface area contributed by atoms with Crippen LogP contribution in [0.15, 0.2) is 51.9 Å². The van der Waals surface area contributed by atoms with Crippen LogP contribution in [0.3, 0.4) is 0 Å². The number of amides is 1. The largest absolute Gasteiger partial charge is 0.463 e. The van der Waals surface area contributed by atoms with E-state index < -0.39 is 0 Å². The third-order valence-electron chi connectivity index (χ3n) is 5.46. The van der Waals surface area contributed by atoms with Gasteiger partial charge in [-0.1, -0.05) is 31.2 Å². The van der Waals surface area contributed by atoms with Crippen LogP contribution in [0.1, 0.15) is 23.9 Å². The monoisotopic (exact) mass is 376 g/mol. The standard InChI is InChI=1S/C21H20N4O3/c1-2-19-22-24(21(27)17-11-18-16(25(17)19)8-10-28-18)13-20(26)23-9-7-14-5-3-4-6-15(14)12-23/h3-6,8,10-11H,2,7,9,12-13H2,1H3. The lowest BCUT2D eigenvalue weighted by atomic mass is 10.00. The van der Waals surface area contributed by atoms with Crippen molar-refractivity contribution >= 4 is 22.5 Å². The Morgan fingerprint density at radius 3 is 2.82 bits per heavy atom. The van der Waals surface area contributed by atoms with E-state index in [1.165, 1.54) is 15.8 Å². The Labute approximate surface area is 160 Å². The Balaban J connectivity index is 1.49. The molecule has 3 aromatic heterocycles. The van der Waals surface area contributed by atoms with Crippen LogP contribution in [0, 0.1) is 0 Å². The van der Waals surface area contributed by atoms with E-state index in [4.69, 9.17) is 4.42 Å². The lowest BCUT2D eigenvalue weighted by Crippen LogP contribution is -2.40. The molecule has 0 bridgehead atoms. The van der Waals surface area contributed by atoms with Gasteiger partial charge in [-0.3, -0.25) is 14.0 Å². The molecule has 4 heterocycles. The van der Waals surface area contributed by atoms with Gasteiger partial charge in [0.25, 0.3) is 5.56 Å². The average Bonchev–Trinajstić information content (AvgIpc) is 3.31. The summed E-state index contributed by atoms with van der Waals surface area (Å²) in [5.74, 6) is 0.633. The van der Waals surface area contributed by atoms with E-state index in [9.17, 15) is 9.59 Å². The predicted molar refractivity (Wildman–Crippen MR) is 104 cm³/mol. The number of hydrogen-bond acceptors (Lipinski definition) is 4. The number of carbonyl (C=O) groups is 1. The van der Waals surface area contributed by atoms with Crippen LogP contribution in [-0.2, 0) is 30.7 Å².